The van der Waals surface area contributed by atoms with Crippen LogP contribution in [-0.2, 0) is 0 Å². The topological polar surface area (TPSA) is 36.7 Å². The standard InChI is InChI=1S/C13H10N2/c1-10-3-2-4-11(7-10)12-5-6-15-13(8-12)9-14/h2-8H,1H3. The minimum absolute atomic E-state index is 0.453. The second kappa shape index (κ2) is 3.93. The number of pyridine rings is 1. The van der Waals surface area contributed by atoms with Crippen molar-refractivity contribution >= 4 is 0 Å². The van der Waals surface area contributed by atoms with Gasteiger partial charge in [0, 0.05) is 6.20 Å². The Bertz CT molecular complexity index is 524. The van der Waals surface area contributed by atoms with Crippen LogP contribution in [0.3, 0.4) is 0 Å². The van der Waals surface area contributed by atoms with E-state index in [2.05, 4.69) is 24.0 Å². The second-order valence-corrected chi connectivity index (χ2v) is 3.41. The molecule has 0 aliphatic rings. The molecule has 0 N–H and O–H groups in total. The number of nitrogens with zero attached hydrogens (tertiary/aromatic N) is 2. The molecule has 2 nitrogen and oxygen atoms in total. The van der Waals surface area contributed by atoms with Gasteiger partial charge in [0.2, 0.25) is 0 Å². The summed E-state index contributed by atoms with van der Waals surface area (Å²) in [6.07, 6.45) is 1.66. The van der Waals surface area contributed by atoms with E-state index in [9.17, 15) is 0 Å². The Morgan fingerprint density at radius 2 is 1.93 bits per heavy atom. The van der Waals surface area contributed by atoms with Crippen LogP contribution in [-0.4, -0.2) is 4.98 Å². The van der Waals surface area contributed by atoms with E-state index in [4.69, 9.17) is 5.26 Å². The molecule has 0 atom stereocenters. The number of hydrogen-bond donors (Lipinski definition) is 0. The van der Waals surface area contributed by atoms with Crippen molar-refractivity contribution in [2.24, 2.45) is 0 Å². The maximum absolute atomic E-state index is 8.75. The molecule has 72 valence electrons. The molecule has 0 aliphatic heterocycles. The van der Waals surface area contributed by atoms with Crippen molar-refractivity contribution in [2.75, 3.05) is 0 Å². The number of aromatic nitrogens is 1. The van der Waals surface area contributed by atoms with E-state index in [1.165, 1.54) is 5.56 Å². The van der Waals surface area contributed by atoms with E-state index in [0.29, 0.717) is 5.69 Å². The van der Waals surface area contributed by atoms with Gasteiger partial charge in [-0.25, -0.2) is 4.98 Å². The Hall–Kier alpha value is -2.14. The molecule has 1 heterocycles. The Morgan fingerprint density at radius 1 is 1.13 bits per heavy atom. The first kappa shape index (κ1) is 9.42. The summed E-state index contributed by atoms with van der Waals surface area (Å²) in [4.78, 5) is 3.94. The molecule has 0 fully saturated rings. The van der Waals surface area contributed by atoms with Crippen LogP contribution in [0.4, 0.5) is 0 Å². The van der Waals surface area contributed by atoms with E-state index in [-0.39, 0.29) is 0 Å². The number of benzene rings is 1. The molecule has 0 saturated carbocycles. The summed E-state index contributed by atoms with van der Waals surface area (Å²) in [5.74, 6) is 0. The molecule has 0 spiro atoms. The zero-order chi connectivity index (χ0) is 10.7. The van der Waals surface area contributed by atoms with E-state index >= 15 is 0 Å². The van der Waals surface area contributed by atoms with Gasteiger partial charge in [-0.15, -0.1) is 0 Å². The molecule has 0 aliphatic carbocycles. The SMILES string of the molecule is Cc1cccc(-c2ccnc(C#N)c2)c1. The van der Waals surface area contributed by atoms with Gasteiger partial charge in [-0.05, 0) is 30.2 Å². The van der Waals surface area contributed by atoms with Crippen LogP contribution in [0.25, 0.3) is 11.1 Å². The lowest BCUT2D eigenvalue weighted by molar-refractivity contribution is 1.26. The lowest BCUT2D eigenvalue weighted by Gasteiger charge is -2.02. The van der Waals surface area contributed by atoms with Crippen LogP contribution in [0.2, 0.25) is 0 Å². The van der Waals surface area contributed by atoms with Crippen molar-refractivity contribution in [3.63, 3.8) is 0 Å². The van der Waals surface area contributed by atoms with E-state index in [1.807, 2.05) is 24.3 Å². The van der Waals surface area contributed by atoms with Gasteiger partial charge in [-0.1, -0.05) is 29.8 Å². The van der Waals surface area contributed by atoms with Crippen LogP contribution >= 0.6 is 0 Å². The van der Waals surface area contributed by atoms with Crippen molar-refractivity contribution in [3.05, 3.63) is 53.9 Å². The fourth-order valence-electron chi connectivity index (χ4n) is 1.50. The molecular weight excluding hydrogens is 184 g/mol. The van der Waals surface area contributed by atoms with Crippen molar-refractivity contribution in [3.8, 4) is 17.2 Å². The normalized spacial score (nSPS) is 9.60. The van der Waals surface area contributed by atoms with Gasteiger partial charge in [-0.3, -0.25) is 0 Å². The van der Waals surface area contributed by atoms with Crippen LogP contribution in [0.15, 0.2) is 42.6 Å². The minimum Gasteiger partial charge on any atom is -0.246 e. The molecule has 0 unspecified atom stereocenters. The van der Waals surface area contributed by atoms with Gasteiger partial charge in [0.25, 0.3) is 0 Å². The van der Waals surface area contributed by atoms with E-state index in [0.717, 1.165) is 11.1 Å². The van der Waals surface area contributed by atoms with Crippen molar-refractivity contribution in [2.45, 2.75) is 6.92 Å². The predicted molar refractivity (Wildman–Crippen MR) is 59.1 cm³/mol. The smallest absolute Gasteiger partial charge is 0.141 e. The lowest BCUT2D eigenvalue weighted by Crippen LogP contribution is -1.84. The molecule has 0 bridgehead atoms. The third-order valence-corrected chi connectivity index (χ3v) is 2.23. The molecule has 0 amide bonds. The number of rotatable bonds is 1. The van der Waals surface area contributed by atoms with Crippen molar-refractivity contribution in [1.29, 1.82) is 5.26 Å². The molecule has 2 rings (SSSR count). The Morgan fingerprint density at radius 3 is 2.67 bits per heavy atom. The fraction of sp³-hybridized carbons (Fsp3) is 0.0769. The highest BCUT2D eigenvalue weighted by Crippen LogP contribution is 2.20. The van der Waals surface area contributed by atoms with Crippen LogP contribution in [0.5, 0.6) is 0 Å². The summed E-state index contributed by atoms with van der Waals surface area (Å²) in [7, 11) is 0. The summed E-state index contributed by atoms with van der Waals surface area (Å²) in [5, 5.41) is 8.75. The number of nitriles is 1. The molecular formula is C13H10N2. The maximum Gasteiger partial charge on any atom is 0.141 e. The Kier molecular flexibility index (Phi) is 2.47. The summed E-state index contributed by atoms with van der Waals surface area (Å²) >= 11 is 0. The summed E-state index contributed by atoms with van der Waals surface area (Å²) in [5.41, 5.74) is 3.82. The first-order valence-corrected chi connectivity index (χ1v) is 4.73. The third kappa shape index (κ3) is 2.03. The Balaban J connectivity index is 2.50. The largest absolute Gasteiger partial charge is 0.246 e. The van der Waals surface area contributed by atoms with Crippen LogP contribution < -0.4 is 0 Å². The number of hydrogen-bond acceptors (Lipinski definition) is 2. The van der Waals surface area contributed by atoms with Crippen molar-refractivity contribution in [1.82, 2.24) is 4.98 Å². The molecule has 1 aromatic carbocycles. The average molecular weight is 194 g/mol. The summed E-state index contributed by atoms with van der Waals surface area (Å²) in [6.45, 7) is 2.05. The molecule has 15 heavy (non-hydrogen) atoms. The van der Waals surface area contributed by atoms with Gasteiger partial charge in [-0.2, -0.15) is 5.26 Å². The quantitative estimate of drug-likeness (QED) is 0.699. The highest BCUT2D eigenvalue weighted by molar-refractivity contribution is 5.64. The molecule has 0 saturated heterocycles. The first-order valence-electron chi connectivity index (χ1n) is 4.73. The zero-order valence-corrected chi connectivity index (χ0v) is 8.44. The van der Waals surface area contributed by atoms with Crippen molar-refractivity contribution < 1.29 is 0 Å². The zero-order valence-electron chi connectivity index (χ0n) is 8.44. The lowest BCUT2D eigenvalue weighted by atomic mass is 10.0. The highest BCUT2D eigenvalue weighted by Gasteiger charge is 1.99. The highest BCUT2D eigenvalue weighted by atomic mass is 14.7. The maximum atomic E-state index is 8.75. The van der Waals surface area contributed by atoms with Gasteiger partial charge >= 0.3 is 0 Å². The molecule has 2 aromatic rings. The molecule has 0 radical (unpaired) electrons. The minimum atomic E-state index is 0.453. The fourth-order valence-corrected chi connectivity index (χ4v) is 1.50. The average Bonchev–Trinajstić information content (AvgIpc) is 2.29. The Labute approximate surface area is 88.8 Å². The first-order chi connectivity index (χ1) is 7.29. The van der Waals surface area contributed by atoms with Gasteiger partial charge < -0.3 is 0 Å². The van der Waals surface area contributed by atoms with E-state index < -0.39 is 0 Å². The second-order valence-electron chi connectivity index (χ2n) is 3.41. The third-order valence-electron chi connectivity index (χ3n) is 2.23. The summed E-state index contributed by atoms with van der Waals surface area (Å²) in [6, 6.07) is 13.9. The molecule has 1 aromatic heterocycles. The van der Waals surface area contributed by atoms with Crippen LogP contribution in [0, 0.1) is 18.3 Å². The van der Waals surface area contributed by atoms with Gasteiger partial charge in [0.05, 0.1) is 0 Å². The van der Waals surface area contributed by atoms with E-state index in [1.54, 1.807) is 12.3 Å². The predicted octanol–water partition coefficient (Wildman–Crippen LogP) is 2.93. The molecule has 2 heteroatoms. The van der Waals surface area contributed by atoms with Gasteiger partial charge in [0.1, 0.15) is 11.8 Å². The monoisotopic (exact) mass is 194 g/mol. The number of aryl methyl sites for hydroxylation is 1. The van der Waals surface area contributed by atoms with Crippen LogP contribution in [0.1, 0.15) is 11.3 Å². The summed E-state index contributed by atoms with van der Waals surface area (Å²) < 4.78 is 0. The van der Waals surface area contributed by atoms with Gasteiger partial charge in [0.15, 0.2) is 0 Å².